The zero-order valence-electron chi connectivity index (χ0n) is 12.4. The Morgan fingerprint density at radius 3 is 2.95 bits per heavy atom. The third-order valence-electron chi connectivity index (χ3n) is 3.83. The van der Waals surface area contributed by atoms with E-state index in [1.54, 1.807) is 6.07 Å². The molecular weight excluding hydrogens is 254 g/mol. The number of carbonyl (C=O) groups excluding carboxylic acids is 1. The van der Waals surface area contributed by atoms with Crippen LogP contribution in [0.2, 0.25) is 0 Å². The summed E-state index contributed by atoms with van der Waals surface area (Å²) < 4.78 is 10.4. The van der Waals surface area contributed by atoms with Gasteiger partial charge in [0, 0.05) is 18.3 Å². The van der Waals surface area contributed by atoms with Crippen molar-refractivity contribution >= 4 is 11.7 Å². The van der Waals surface area contributed by atoms with E-state index in [1.165, 1.54) is 7.11 Å². The molecule has 2 atom stereocenters. The van der Waals surface area contributed by atoms with Crippen molar-refractivity contribution in [3.63, 3.8) is 0 Å². The number of benzene rings is 1. The molecule has 2 rings (SSSR count). The van der Waals surface area contributed by atoms with E-state index in [4.69, 9.17) is 9.47 Å². The van der Waals surface area contributed by atoms with Crippen molar-refractivity contribution in [1.29, 1.82) is 0 Å². The summed E-state index contributed by atoms with van der Waals surface area (Å²) in [6, 6.07) is 6.07. The number of ether oxygens (including phenoxy) is 2. The number of esters is 1. The van der Waals surface area contributed by atoms with Gasteiger partial charge >= 0.3 is 5.97 Å². The summed E-state index contributed by atoms with van der Waals surface area (Å²) in [5.74, 6) is -0.295. The van der Waals surface area contributed by atoms with Gasteiger partial charge in [0.25, 0.3) is 0 Å². The molecule has 0 saturated carbocycles. The summed E-state index contributed by atoms with van der Waals surface area (Å²) in [6.07, 6.45) is 3.47. The van der Waals surface area contributed by atoms with E-state index in [2.05, 4.69) is 12.2 Å². The van der Waals surface area contributed by atoms with Gasteiger partial charge in [-0.25, -0.2) is 4.79 Å². The zero-order chi connectivity index (χ0) is 14.5. The Hall–Kier alpha value is -1.55. The number of hydrogen-bond acceptors (Lipinski definition) is 4. The smallest absolute Gasteiger partial charge is 0.337 e. The minimum absolute atomic E-state index is 0.295. The SMILES string of the molecule is CCC1CC(Nc2ccc(C(=O)OC)cc2C)CCO1. The van der Waals surface area contributed by atoms with Crippen LogP contribution in [0.4, 0.5) is 5.69 Å². The van der Waals surface area contributed by atoms with E-state index >= 15 is 0 Å². The number of anilines is 1. The Balaban J connectivity index is 2.04. The topological polar surface area (TPSA) is 47.6 Å². The second kappa shape index (κ2) is 6.75. The molecule has 1 fully saturated rings. The molecule has 0 bridgehead atoms. The maximum absolute atomic E-state index is 11.5. The van der Waals surface area contributed by atoms with Crippen molar-refractivity contribution in [2.45, 2.75) is 45.3 Å². The normalized spacial score (nSPS) is 22.4. The number of aryl methyl sites for hydroxylation is 1. The highest BCUT2D eigenvalue weighted by molar-refractivity contribution is 5.90. The van der Waals surface area contributed by atoms with Crippen LogP contribution in [0, 0.1) is 6.92 Å². The molecule has 20 heavy (non-hydrogen) atoms. The third kappa shape index (κ3) is 3.51. The standard InChI is InChI=1S/C16H23NO3/c1-4-14-10-13(7-8-20-14)17-15-6-5-12(9-11(15)2)16(18)19-3/h5-6,9,13-14,17H,4,7-8,10H2,1-3H3. The molecule has 0 aliphatic carbocycles. The zero-order valence-corrected chi connectivity index (χ0v) is 12.4. The summed E-state index contributed by atoms with van der Waals surface area (Å²) >= 11 is 0. The number of carbonyl (C=O) groups is 1. The van der Waals surface area contributed by atoms with Crippen molar-refractivity contribution in [3.8, 4) is 0 Å². The minimum Gasteiger partial charge on any atom is -0.465 e. The summed E-state index contributed by atoms with van der Waals surface area (Å²) in [7, 11) is 1.40. The lowest BCUT2D eigenvalue weighted by molar-refractivity contribution is 0.00925. The fourth-order valence-electron chi connectivity index (χ4n) is 2.59. The van der Waals surface area contributed by atoms with Crippen LogP contribution < -0.4 is 5.32 Å². The predicted octanol–water partition coefficient (Wildman–Crippen LogP) is 3.15. The van der Waals surface area contributed by atoms with Crippen molar-refractivity contribution in [2.24, 2.45) is 0 Å². The molecular formula is C16H23NO3. The maximum Gasteiger partial charge on any atom is 0.337 e. The average Bonchev–Trinajstić information content (AvgIpc) is 2.48. The number of nitrogens with one attached hydrogen (secondary N) is 1. The quantitative estimate of drug-likeness (QED) is 0.859. The van der Waals surface area contributed by atoms with Gasteiger partial charge in [-0.15, -0.1) is 0 Å². The Morgan fingerprint density at radius 2 is 2.30 bits per heavy atom. The molecule has 0 spiro atoms. The Morgan fingerprint density at radius 1 is 1.50 bits per heavy atom. The summed E-state index contributed by atoms with van der Waals surface area (Å²) in [5, 5.41) is 3.57. The van der Waals surface area contributed by atoms with Crippen LogP contribution in [0.15, 0.2) is 18.2 Å². The highest BCUT2D eigenvalue weighted by atomic mass is 16.5. The molecule has 2 unspecified atom stereocenters. The molecule has 0 aromatic heterocycles. The van der Waals surface area contributed by atoms with Crippen molar-refractivity contribution in [2.75, 3.05) is 19.0 Å². The molecule has 0 amide bonds. The lowest BCUT2D eigenvalue weighted by Gasteiger charge is -2.30. The Labute approximate surface area is 120 Å². The molecule has 0 radical (unpaired) electrons. The van der Waals surface area contributed by atoms with Gasteiger partial charge in [-0.2, -0.15) is 0 Å². The van der Waals surface area contributed by atoms with E-state index < -0.39 is 0 Å². The first kappa shape index (κ1) is 14.9. The fraction of sp³-hybridized carbons (Fsp3) is 0.562. The highest BCUT2D eigenvalue weighted by Crippen LogP contribution is 2.23. The molecule has 1 heterocycles. The van der Waals surface area contributed by atoms with Gasteiger partial charge in [-0.05, 0) is 49.9 Å². The van der Waals surface area contributed by atoms with Gasteiger partial charge < -0.3 is 14.8 Å². The lowest BCUT2D eigenvalue weighted by atomic mass is 10.0. The first-order valence-electron chi connectivity index (χ1n) is 7.21. The van der Waals surface area contributed by atoms with E-state index in [9.17, 15) is 4.79 Å². The van der Waals surface area contributed by atoms with Gasteiger partial charge in [0.15, 0.2) is 0 Å². The molecule has 1 saturated heterocycles. The highest BCUT2D eigenvalue weighted by Gasteiger charge is 2.21. The molecule has 1 N–H and O–H groups in total. The van der Waals surface area contributed by atoms with E-state index in [1.807, 2.05) is 19.1 Å². The first-order valence-corrected chi connectivity index (χ1v) is 7.21. The monoisotopic (exact) mass is 277 g/mol. The number of methoxy groups -OCH3 is 1. The Bertz CT molecular complexity index is 473. The molecule has 110 valence electrons. The first-order chi connectivity index (χ1) is 9.63. The molecule has 1 aliphatic rings. The van der Waals surface area contributed by atoms with Gasteiger partial charge in [0.2, 0.25) is 0 Å². The van der Waals surface area contributed by atoms with E-state index in [0.717, 1.165) is 37.1 Å². The van der Waals surface area contributed by atoms with Gasteiger partial charge in [-0.3, -0.25) is 0 Å². The van der Waals surface area contributed by atoms with Gasteiger partial charge in [-0.1, -0.05) is 6.92 Å². The molecule has 1 aliphatic heterocycles. The van der Waals surface area contributed by atoms with Crippen molar-refractivity contribution in [3.05, 3.63) is 29.3 Å². The summed E-state index contributed by atoms with van der Waals surface area (Å²) in [6.45, 7) is 4.98. The van der Waals surface area contributed by atoms with Gasteiger partial charge in [0.1, 0.15) is 0 Å². The van der Waals surface area contributed by atoms with Crippen LogP contribution >= 0.6 is 0 Å². The Kier molecular flexibility index (Phi) is 5.01. The van der Waals surface area contributed by atoms with Crippen LogP contribution in [-0.2, 0) is 9.47 Å². The number of rotatable bonds is 4. The van der Waals surface area contributed by atoms with Gasteiger partial charge in [0.05, 0.1) is 18.8 Å². The van der Waals surface area contributed by atoms with E-state index in [0.29, 0.717) is 17.7 Å². The van der Waals surface area contributed by atoms with Crippen LogP contribution in [-0.4, -0.2) is 31.8 Å². The fourth-order valence-corrected chi connectivity index (χ4v) is 2.59. The largest absolute Gasteiger partial charge is 0.465 e. The van der Waals surface area contributed by atoms with Crippen molar-refractivity contribution < 1.29 is 14.3 Å². The van der Waals surface area contributed by atoms with Crippen molar-refractivity contribution in [1.82, 2.24) is 0 Å². The molecule has 1 aromatic carbocycles. The molecule has 4 nitrogen and oxygen atoms in total. The predicted molar refractivity (Wildman–Crippen MR) is 79.2 cm³/mol. The summed E-state index contributed by atoms with van der Waals surface area (Å²) in [4.78, 5) is 11.5. The van der Waals surface area contributed by atoms with E-state index in [-0.39, 0.29) is 5.97 Å². The molecule has 4 heteroatoms. The maximum atomic E-state index is 11.5. The second-order valence-electron chi connectivity index (χ2n) is 5.29. The van der Waals surface area contributed by atoms with Crippen LogP contribution in [0.1, 0.15) is 42.1 Å². The lowest BCUT2D eigenvalue weighted by Crippen LogP contribution is -2.33. The molecule has 1 aromatic rings. The van der Waals surface area contributed by atoms with Crippen LogP contribution in [0.25, 0.3) is 0 Å². The summed E-state index contributed by atoms with van der Waals surface area (Å²) in [5.41, 5.74) is 2.74. The average molecular weight is 277 g/mol. The minimum atomic E-state index is -0.295. The second-order valence-corrected chi connectivity index (χ2v) is 5.29. The third-order valence-corrected chi connectivity index (χ3v) is 3.83. The number of hydrogen-bond donors (Lipinski definition) is 1. The van der Waals surface area contributed by atoms with Crippen LogP contribution in [0.5, 0.6) is 0 Å². The van der Waals surface area contributed by atoms with Crippen LogP contribution in [0.3, 0.4) is 0 Å².